The van der Waals surface area contributed by atoms with Gasteiger partial charge in [-0.1, -0.05) is 29.8 Å². The molecule has 0 aliphatic heterocycles. The van der Waals surface area contributed by atoms with E-state index < -0.39 is 4.92 Å². The minimum atomic E-state index is -0.564. The number of hydrogen-bond acceptors (Lipinski definition) is 4. The fraction of sp³-hybridized carbons (Fsp3) is 0. The van der Waals surface area contributed by atoms with Crippen LogP contribution >= 0.6 is 11.6 Å². The number of benzene rings is 1. The molecule has 86 valence electrons. The number of hydrogen-bond donors (Lipinski definition) is 0. The van der Waals surface area contributed by atoms with Gasteiger partial charge < -0.3 is 4.74 Å². The third kappa shape index (κ3) is 2.70. The number of ether oxygens (including phenoxy) is 1. The van der Waals surface area contributed by atoms with Crippen LogP contribution in [0.15, 0.2) is 42.6 Å². The van der Waals surface area contributed by atoms with E-state index in [9.17, 15) is 10.1 Å². The van der Waals surface area contributed by atoms with E-state index in [-0.39, 0.29) is 16.6 Å². The molecule has 0 saturated carbocycles. The Hall–Kier alpha value is -2.14. The van der Waals surface area contributed by atoms with Gasteiger partial charge in [-0.05, 0) is 12.1 Å². The van der Waals surface area contributed by atoms with Crippen LogP contribution in [0.1, 0.15) is 0 Å². The van der Waals surface area contributed by atoms with Crippen LogP contribution in [0, 0.1) is 10.1 Å². The summed E-state index contributed by atoms with van der Waals surface area (Å²) in [5.74, 6) is 0.560. The summed E-state index contributed by atoms with van der Waals surface area (Å²) in [4.78, 5) is 14.0. The standard InChI is InChI=1S/C11H7ClN2O3/c12-11-6-9(14(15)16)10(7-13-11)17-8-4-2-1-3-5-8/h1-7H. The van der Waals surface area contributed by atoms with Crippen LogP contribution in [-0.4, -0.2) is 9.91 Å². The monoisotopic (exact) mass is 250 g/mol. The first-order valence-corrected chi connectivity index (χ1v) is 5.07. The molecule has 1 heterocycles. The Labute approximate surface area is 102 Å². The number of para-hydroxylation sites is 1. The second-order valence-electron chi connectivity index (χ2n) is 3.15. The molecule has 0 unspecified atom stereocenters. The lowest BCUT2D eigenvalue weighted by atomic mass is 10.3. The van der Waals surface area contributed by atoms with Crippen molar-refractivity contribution in [3.63, 3.8) is 0 Å². The summed E-state index contributed by atoms with van der Waals surface area (Å²) in [5.41, 5.74) is -0.214. The summed E-state index contributed by atoms with van der Waals surface area (Å²) in [7, 11) is 0. The molecule has 2 aromatic rings. The lowest BCUT2D eigenvalue weighted by Gasteiger charge is -2.05. The smallest absolute Gasteiger partial charge is 0.316 e. The zero-order valence-corrected chi connectivity index (χ0v) is 9.29. The van der Waals surface area contributed by atoms with Gasteiger partial charge in [0.05, 0.1) is 17.2 Å². The molecule has 2 rings (SSSR count). The summed E-state index contributed by atoms with van der Waals surface area (Å²) in [6, 6.07) is 9.90. The van der Waals surface area contributed by atoms with Crippen molar-refractivity contribution in [2.24, 2.45) is 0 Å². The summed E-state index contributed by atoms with van der Waals surface area (Å²) in [6.07, 6.45) is 1.23. The lowest BCUT2D eigenvalue weighted by Crippen LogP contribution is -1.94. The number of nitrogens with zero attached hydrogens (tertiary/aromatic N) is 2. The highest BCUT2D eigenvalue weighted by Gasteiger charge is 2.17. The van der Waals surface area contributed by atoms with Crippen molar-refractivity contribution in [3.05, 3.63) is 57.9 Å². The minimum Gasteiger partial charge on any atom is -0.448 e. The maximum absolute atomic E-state index is 10.8. The van der Waals surface area contributed by atoms with E-state index in [0.717, 1.165) is 6.07 Å². The summed E-state index contributed by atoms with van der Waals surface area (Å²) in [5, 5.41) is 10.9. The van der Waals surface area contributed by atoms with Gasteiger partial charge in [0.25, 0.3) is 0 Å². The minimum absolute atomic E-state index is 0.0529. The SMILES string of the molecule is O=[N+]([O-])c1cc(Cl)ncc1Oc1ccccc1. The van der Waals surface area contributed by atoms with Gasteiger partial charge in [0.1, 0.15) is 10.9 Å². The average Bonchev–Trinajstić information content (AvgIpc) is 2.32. The number of halogens is 1. The van der Waals surface area contributed by atoms with Gasteiger partial charge >= 0.3 is 5.69 Å². The van der Waals surface area contributed by atoms with Crippen LogP contribution in [0.25, 0.3) is 0 Å². The molecule has 0 atom stereocenters. The Morgan fingerprint density at radius 2 is 2.00 bits per heavy atom. The molecule has 1 aromatic carbocycles. The highest BCUT2D eigenvalue weighted by atomic mass is 35.5. The maximum Gasteiger partial charge on any atom is 0.316 e. The number of pyridine rings is 1. The van der Waals surface area contributed by atoms with Crippen molar-refractivity contribution in [2.45, 2.75) is 0 Å². The van der Waals surface area contributed by atoms with Crippen molar-refractivity contribution in [1.29, 1.82) is 0 Å². The van der Waals surface area contributed by atoms with Crippen molar-refractivity contribution in [3.8, 4) is 11.5 Å². The second kappa shape index (κ2) is 4.80. The van der Waals surface area contributed by atoms with E-state index in [1.54, 1.807) is 24.3 Å². The predicted molar refractivity (Wildman–Crippen MR) is 62.4 cm³/mol. The predicted octanol–water partition coefficient (Wildman–Crippen LogP) is 3.44. The molecule has 5 nitrogen and oxygen atoms in total. The second-order valence-corrected chi connectivity index (χ2v) is 3.53. The topological polar surface area (TPSA) is 65.3 Å². The van der Waals surface area contributed by atoms with Gasteiger partial charge in [-0.2, -0.15) is 0 Å². The Kier molecular flexibility index (Phi) is 3.20. The van der Waals surface area contributed by atoms with E-state index in [1.165, 1.54) is 6.20 Å². The quantitative estimate of drug-likeness (QED) is 0.475. The summed E-state index contributed by atoms with van der Waals surface area (Å²) >= 11 is 5.59. The third-order valence-electron chi connectivity index (χ3n) is 1.98. The zero-order chi connectivity index (χ0) is 12.3. The molecule has 6 heteroatoms. The van der Waals surface area contributed by atoms with Crippen LogP contribution in [0.4, 0.5) is 5.69 Å². The molecule has 0 aliphatic carbocycles. The summed E-state index contributed by atoms with van der Waals surface area (Å²) < 4.78 is 5.36. The molecule has 0 saturated heterocycles. The Morgan fingerprint density at radius 1 is 1.29 bits per heavy atom. The van der Waals surface area contributed by atoms with Crippen molar-refractivity contribution in [2.75, 3.05) is 0 Å². The highest BCUT2D eigenvalue weighted by Crippen LogP contribution is 2.31. The molecule has 0 amide bonds. The first-order chi connectivity index (χ1) is 8.16. The van der Waals surface area contributed by atoms with Gasteiger partial charge in [0.15, 0.2) is 0 Å². The van der Waals surface area contributed by atoms with Crippen LogP contribution in [0.5, 0.6) is 11.5 Å². The number of aromatic nitrogens is 1. The molecule has 17 heavy (non-hydrogen) atoms. The Balaban J connectivity index is 2.36. The largest absolute Gasteiger partial charge is 0.448 e. The Morgan fingerprint density at radius 3 is 2.65 bits per heavy atom. The molecule has 0 radical (unpaired) electrons. The fourth-order valence-electron chi connectivity index (χ4n) is 1.24. The number of rotatable bonds is 3. The van der Waals surface area contributed by atoms with Crippen molar-refractivity contribution >= 4 is 17.3 Å². The highest BCUT2D eigenvalue weighted by molar-refractivity contribution is 6.29. The van der Waals surface area contributed by atoms with Crippen molar-refractivity contribution in [1.82, 2.24) is 4.98 Å². The normalized spacial score (nSPS) is 9.94. The molecule has 0 spiro atoms. The maximum atomic E-state index is 10.8. The van der Waals surface area contributed by atoms with Gasteiger partial charge in [0, 0.05) is 0 Å². The fourth-order valence-corrected chi connectivity index (χ4v) is 1.40. The van der Waals surface area contributed by atoms with E-state index in [0.29, 0.717) is 5.75 Å². The molecule has 0 aliphatic rings. The van der Waals surface area contributed by atoms with Gasteiger partial charge in [-0.3, -0.25) is 10.1 Å². The Bertz CT molecular complexity index is 546. The first kappa shape index (κ1) is 11.3. The van der Waals surface area contributed by atoms with Crippen LogP contribution in [0.2, 0.25) is 5.15 Å². The first-order valence-electron chi connectivity index (χ1n) is 4.69. The lowest BCUT2D eigenvalue weighted by molar-refractivity contribution is -0.385. The average molecular weight is 251 g/mol. The molecule has 0 N–H and O–H groups in total. The van der Waals surface area contributed by atoms with Gasteiger partial charge in [0.2, 0.25) is 5.75 Å². The van der Waals surface area contributed by atoms with E-state index >= 15 is 0 Å². The molecular formula is C11H7ClN2O3. The molecule has 0 bridgehead atoms. The molecular weight excluding hydrogens is 244 g/mol. The zero-order valence-electron chi connectivity index (χ0n) is 8.54. The van der Waals surface area contributed by atoms with Crippen molar-refractivity contribution < 1.29 is 9.66 Å². The van der Waals surface area contributed by atoms with Crippen LogP contribution < -0.4 is 4.74 Å². The summed E-state index contributed by atoms with van der Waals surface area (Å²) in [6.45, 7) is 0. The van der Waals surface area contributed by atoms with E-state index in [2.05, 4.69) is 4.98 Å². The molecule has 1 aromatic heterocycles. The molecule has 0 fully saturated rings. The van der Waals surface area contributed by atoms with Crippen LogP contribution in [-0.2, 0) is 0 Å². The van der Waals surface area contributed by atoms with E-state index in [4.69, 9.17) is 16.3 Å². The third-order valence-corrected chi connectivity index (χ3v) is 2.19. The van der Waals surface area contributed by atoms with Crippen LogP contribution in [0.3, 0.4) is 0 Å². The number of nitro groups is 1. The van der Waals surface area contributed by atoms with Gasteiger partial charge in [-0.25, -0.2) is 4.98 Å². The van der Waals surface area contributed by atoms with E-state index in [1.807, 2.05) is 6.07 Å². The van der Waals surface area contributed by atoms with Gasteiger partial charge in [-0.15, -0.1) is 0 Å².